The van der Waals surface area contributed by atoms with Gasteiger partial charge in [-0.15, -0.1) is 11.6 Å². The predicted molar refractivity (Wildman–Crippen MR) is 58.4 cm³/mol. The van der Waals surface area contributed by atoms with E-state index in [1.54, 1.807) is 13.0 Å². The van der Waals surface area contributed by atoms with E-state index >= 15 is 0 Å². The Bertz CT molecular complexity index is 388. The zero-order valence-corrected chi connectivity index (χ0v) is 9.21. The van der Waals surface area contributed by atoms with Gasteiger partial charge in [-0.3, -0.25) is 0 Å². The maximum absolute atomic E-state index is 13.0. The van der Waals surface area contributed by atoms with Crippen LogP contribution in [0.25, 0.3) is 0 Å². The van der Waals surface area contributed by atoms with E-state index in [-0.39, 0.29) is 5.82 Å². The molecule has 0 saturated heterocycles. The molecule has 0 heterocycles. The number of alkyl halides is 1. The molecule has 1 rings (SSSR count). The zero-order valence-electron chi connectivity index (χ0n) is 7.70. The van der Waals surface area contributed by atoms with Crippen molar-refractivity contribution in [1.82, 2.24) is 0 Å². The van der Waals surface area contributed by atoms with Crippen LogP contribution in [0.2, 0.25) is 5.02 Å². The van der Waals surface area contributed by atoms with Crippen molar-refractivity contribution in [3.05, 3.63) is 34.1 Å². The van der Waals surface area contributed by atoms with Crippen molar-refractivity contribution in [2.45, 2.75) is 13.3 Å². The van der Waals surface area contributed by atoms with Gasteiger partial charge in [0.15, 0.2) is 0 Å². The summed E-state index contributed by atoms with van der Waals surface area (Å²) in [5, 5.41) is 0.382. The van der Waals surface area contributed by atoms with Crippen molar-refractivity contribution < 1.29 is 4.39 Å². The maximum atomic E-state index is 13.0. The number of halogens is 3. The molecular weight excluding hydrogens is 222 g/mol. The molecule has 1 aromatic carbocycles. The number of rotatable bonds is 1. The Morgan fingerprint density at radius 1 is 1.43 bits per heavy atom. The van der Waals surface area contributed by atoms with E-state index in [4.69, 9.17) is 23.2 Å². The van der Waals surface area contributed by atoms with Gasteiger partial charge in [0.1, 0.15) is 5.82 Å². The summed E-state index contributed by atoms with van der Waals surface area (Å²) in [4.78, 5) is 0. The van der Waals surface area contributed by atoms with E-state index in [9.17, 15) is 4.39 Å². The monoisotopic (exact) mass is 230 g/mol. The highest BCUT2D eigenvalue weighted by Crippen LogP contribution is 2.22. The van der Waals surface area contributed by atoms with Gasteiger partial charge < -0.3 is 0 Å². The summed E-state index contributed by atoms with van der Waals surface area (Å²) in [6, 6.07) is 2.94. The molecule has 74 valence electrons. The van der Waals surface area contributed by atoms with E-state index in [2.05, 4.69) is 11.8 Å². The van der Waals surface area contributed by atoms with E-state index in [1.807, 2.05) is 0 Å². The molecule has 1 aromatic rings. The van der Waals surface area contributed by atoms with E-state index < -0.39 is 0 Å². The molecule has 0 fully saturated rings. The second-order valence-corrected chi connectivity index (χ2v) is 3.53. The lowest BCUT2D eigenvalue weighted by atomic mass is 10.1. The van der Waals surface area contributed by atoms with Crippen LogP contribution in [0.15, 0.2) is 12.1 Å². The average molecular weight is 231 g/mol. The second kappa shape index (κ2) is 5.24. The first-order chi connectivity index (χ1) is 6.66. The Morgan fingerprint density at radius 2 is 2.14 bits per heavy atom. The molecule has 0 aliphatic rings. The van der Waals surface area contributed by atoms with Crippen LogP contribution in [0.5, 0.6) is 0 Å². The Labute approximate surface area is 93.0 Å². The van der Waals surface area contributed by atoms with E-state index in [0.29, 0.717) is 28.5 Å². The lowest BCUT2D eigenvalue weighted by Crippen LogP contribution is -1.87. The first kappa shape index (κ1) is 11.4. The molecule has 0 amide bonds. The Kier molecular flexibility index (Phi) is 4.25. The molecule has 0 unspecified atom stereocenters. The van der Waals surface area contributed by atoms with Crippen LogP contribution in [-0.4, -0.2) is 5.88 Å². The number of benzene rings is 1. The Morgan fingerprint density at radius 3 is 2.79 bits per heavy atom. The molecular formula is C11H9Cl2F. The van der Waals surface area contributed by atoms with Crippen LogP contribution >= 0.6 is 23.2 Å². The molecule has 0 aliphatic carbocycles. The average Bonchev–Trinajstić information content (AvgIpc) is 2.18. The van der Waals surface area contributed by atoms with Crippen LogP contribution in [0, 0.1) is 24.6 Å². The summed E-state index contributed by atoms with van der Waals surface area (Å²) in [5.41, 5.74) is 1.08. The van der Waals surface area contributed by atoms with Gasteiger partial charge >= 0.3 is 0 Å². The van der Waals surface area contributed by atoms with Crippen molar-refractivity contribution in [3.8, 4) is 11.8 Å². The van der Waals surface area contributed by atoms with Gasteiger partial charge in [-0.05, 0) is 19.1 Å². The van der Waals surface area contributed by atoms with Crippen LogP contribution in [0.3, 0.4) is 0 Å². The van der Waals surface area contributed by atoms with E-state index in [0.717, 1.165) is 0 Å². The lowest BCUT2D eigenvalue weighted by Gasteiger charge is -2.01. The summed E-state index contributed by atoms with van der Waals surface area (Å²) < 4.78 is 13.0. The quantitative estimate of drug-likeness (QED) is 0.509. The third-order valence-corrected chi connectivity index (χ3v) is 2.44. The highest BCUT2D eigenvalue weighted by atomic mass is 35.5. The van der Waals surface area contributed by atoms with Crippen LogP contribution in [0.1, 0.15) is 17.5 Å². The summed E-state index contributed by atoms with van der Waals surface area (Å²) in [5.74, 6) is 5.88. The third kappa shape index (κ3) is 2.64. The molecule has 3 heteroatoms. The van der Waals surface area contributed by atoms with Gasteiger partial charge in [-0.25, -0.2) is 4.39 Å². The minimum absolute atomic E-state index is 0.308. The first-order valence-corrected chi connectivity index (χ1v) is 5.07. The summed E-state index contributed by atoms with van der Waals surface area (Å²) in [6.45, 7) is 1.63. The van der Waals surface area contributed by atoms with Crippen molar-refractivity contribution in [2.75, 3.05) is 5.88 Å². The van der Waals surface area contributed by atoms with E-state index in [1.165, 1.54) is 6.07 Å². The SMILES string of the molecule is Cc1c(F)ccc(C#CCCCl)c1Cl. The molecule has 0 saturated carbocycles. The second-order valence-electron chi connectivity index (χ2n) is 2.77. The zero-order chi connectivity index (χ0) is 10.6. The van der Waals surface area contributed by atoms with Crippen LogP contribution in [-0.2, 0) is 0 Å². The molecule has 0 N–H and O–H groups in total. The van der Waals surface area contributed by atoms with Crippen LogP contribution in [0.4, 0.5) is 4.39 Å². The molecule has 0 atom stereocenters. The molecule has 0 spiro atoms. The van der Waals surface area contributed by atoms with Gasteiger partial charge in [-0.1, -0.05) is 23.4 Å². The number of hydrogen-bond acceptors (Lipinski definition) is 0. The molecule has 0 aromatic heterocycles. The largest absolute Gasteiger partial charge is 0.207 e. The van der Waals surface area contributed by atoms with Crippen molar-refractivity contribution in [2.24, 2.45) is 0 Å². The highest BCUT2D eigenvalue weighted by molar-refractivity contribution is 6.32. The third-order valence-electron chi connectivity index (χ3n) is 1.76. The Balaban J connectivity index is 3.02. The predicted octanol–water partition coefficient (Wildman–Crippen LogP) is 3.77. The lowest BCUT2D eigenvalue weighted by molar-refractivity contribution is 0.618. The standard InChI is InChI=1S/C11H9Cl2F/c1-8-10(14)6-5-9(11(8)13)4-2-3-7-12/h5-6H,3,7H2,1H3. The van der Waals surface area contributed by atoms with Gasteiger partial charge in [0.25, 0.3) is 0 Å². The minimum atomic E-state index is -0.308. The number of hydrogen-bond donors (Lipinski definition) is 0. The topological polar surface area (TPSA) is 0 Å². The Hall–Kier alpha value is -0.710. The molecule has 0 nitrogen and oxygen atoms in total. The molecule has 0 radical (unpaired) electrons. The first-order valence-electron chi connectivity index (χ1n) is 4.16. The molecule has 0 bridgehead atoms. The van der Waals surface area contributed by atoms with Gasteiger partial charge in [-0.2, -0.15) is 0 Å². The fourth-order valence-corrected chi connectivity index (χ4v) is 1.26. The maximum Gasteiger partial charge on any atom is 0.127 e. The fraction of sp³-hybridized carbons (Fsp3) is 0.273. The summed E-state index contributed by atoms with van der Waals surface area (Å²) >= 11 is 11.4. The smallest absolute Gasteiger partial charge is 0.127 e. The van der Waals surface area contributed by atoms with Gasteiger partial charge in [0, 0.05) is 23.4 Å². The van der Waals surface area contributed by atoms with Crippen molar-refractivity contribution in [1.29, 1.82) is 0 Å². The van der Waals surface area contributed by atoms with Crippen LogP contribution < -0.4 is 0 Å². The van der Waals surface area contributed by atoms with Crippen molar-refractivity contribution in [3.63, 3.8) is 0 Å². The highest BCUT2D eigenvalue weighted by Gasteiger charge is 2.05. The molecule has 0 aliphatic heterocycles. The van der Waals surface area contributed by atoms with Gasteiger partial charge in [0.05, 0.1) is 5.02 Å². The normalized spacial score (nSPS) is 9.43. The van der Waals surface area contributed by atoms with Crippen molar-refractivity contribution >= 4 is 23.2 Å². The molecule has 14 heavy (non-hydrogen) atoms. The minimum Gasteiger partial charge on any atom is -0.207 e. The fourth-order valence-electron chi connectivity index (χ4n) is 0.963. The van der Waals surface area contributed by atoms with Gasteiger partial charge in [0.2, 0.25) is 0 Å². The summed E-state index contributed by atoms with van der Waals surface area (Å²) in [6.07, 6.45) is 0.605. The summed E-state index contributed by atoms with van der Waals surface area (Å²) in [7, 11) is 0.